The Hall–Kier alpha value is -2.83. The first kappa shape index (κ1) is 18.5. The van der Waals surface area contributed by atoms with Crippen LogP contribution in [0.3, 0.4) is 0 Å². The first-order valence-corrected chi connectivity index (χ1v) is 8.41. The number of nitrogens with one attached hydrogen (secondary N) is 3. The average molecular weight is 344 g/mol. The molecule has 25 heavy (non-hydrogen) atoms. The summed E-state index contributed by atoms with van der Waals surface area (Å²) in [4.78, 5) is 42.0. The van der Waals surface area contributed by atoms with Gasteiger partial charge in [-0.2, -0.15) is 0 Å². The zero-order valence-electron chi connectivity index (χ0n) is 14.8. The first-order chi connectivity index (χ1) is 11.9. The number of hydrogen-bond donors (Lipinski definition) is 3. The van der Waals surface area contributed by atoms with Gasteiger partial charge in [-0.25, -0.2) is 4.79 Å². The number of amides is 1. The summed E-state index contributed by atoms with van der Waals surface area (Å²) in [5, 5.41) is 2.82. The highest BCUT2D eigenvalue weighted by molar-refractivity contribution is 5.91. The Balaban J connectivity index is 1.97. The molecule has 7 nitrogen and oxygen atoms in total. The fourth-order valence-electron chi connectivity index (χ4n) is 2.73. The van der Waals surface area contributed by atoms with Gasteiger partial charge in [0.25, 0.3) is 5.56 Å². The van der Waals surface area contributed by atoms with Gasteiger partial charge in [0.2, 0.25) is 5.91 Å². The molecule has 2 aromatic rings. The van der Waals surface area contributed by atoms with Crippen LogP contribution in [0.1, 0.15) is 31.5 Å². The Morgan fingerprint density at radius 3 is 2.28 bits per heavy atom. The van der Waals surface area contributed by atoms with Crippen LogP contribution >= 0.6 is 0 Å². The lowest BCUT2D eigenvalue weighted by atomic mass is 10.1. The summed E-state index contributed by atoms with van der Waals surface area (Å²) in [5.41, 5.74) is 1.75. The molecular weight excluding hydrogens is 320 g/mol. The van der Waals surface area contributed by atoms with Gasteiger partial charge >= 0.3 is 5.69 Å². The SMILES string of the molecule is CCN(CC)c1ccc(NC(=O)CCc2c(C)[nH]c(=O)[nH]c2=O)cc1. The van der Waals surface area contributed by atoms with E-state index >= 15 is 0 Å². The predicted molar refractivity (Wildman–Crippen MR) is 99.4 cm³/mol. The first-order valence-electron chi connectivity index (χ1n) is 8.41. The summed E-state index contributed by atoms with van der Waals surface area (Å²) in [5.74, 6) is -0.180. The van der Waals surface area contributed by atoms with Gasteiger partial charge in [0.1, 0.15) is 0 Å². The molecule has 2 rings (SSSR count). The molecule has 0 fully saturated rings. The molecule has 0 aliphatic rings. The number of H-pyrrole nitrogens is 2. The van der Waals surface area contributed by atoms with Crippen molar-refractivity contribution in [3.63, 3.8) is 0 Å². The maximum Gasteiger partial charge on any atom is 0.325 e. The Morgan fingerprint density at radius 2 is 1.72 bits per heavy atom. The molecule has 1 aromatic carbocycles. The molecule has 0 spiro atoms. The lowest BCUT2D eigenvalue weighted by Crippen LogP contribution is -2.27. The highest BCUT2D eigenvalue weighted by Crippen LogP contribution is 2.18. The lowest BCUT2D eigenvalue weighted by Gasteiger charge is -2.21. The van der Waals surface area contributed by atoms with E-state index in [0.717, 1.165) is 18.8 Å². The molecule has 1 aromatic heterocycles. The molecule has 0 bridgehead atoms. The van der Waals surface area contributed by atoms with Crippen LogP contribution in [-0.2, 0) is 11.2 Å². The monoisotopic (exact) mass is 344 g/mol. The molecule has 0 unspecified atom stereocenters. The van der Waals surface area contributed by atoms with Gasteiger partial charge in [-0.3, -0.25) is 14.6 Å². The number of aromatic nitrogens is 2. The molecule has 1 heterocycles. The number of aryl methyl sites for hydroxylation is 1. The number of aromatic amines is 2. The van der Waals surface area contributed by atoms with E-state index in [1.54, 1.807) is 6.92 Å². The van der Waals surface area contributed by atoms with Crippen LogP contribution in [0.5, 0.6) is 0 Å². The van der Waals surface area contributed by atoms with E-state index < -0.39 is 11.2 Å². The maximum atomic E-state index is 12.1. The second kappa shape index (κ2) is 8.32. The Morgan fingerprint density at radius 1 is 1.08 bits per heavy atom. The van der Waals surface area contributed by atoms with Crippen molar-refractivity contribution in [3.05, 3.63) is 56.4 Å². The highest BCUT2D eigenvalue weighted by Gasteiger charge is 2.10. The zero-order valence-corrected chi connectivity index (χ0v) is 14.8. The lowest BCUT2D eigenvalue weighted by molar-refractivity contribution is -0.116. The minimum absolute atomic E-state index is 0.160. The summed E-state index contributed by atoms with van der Waals surface area (Å²) in [6.07, 6.45) is 0.426. The van der Waals surface area contributed by atoms with Crippen LogP contribution in [-0.4, -0.2) is 29.0 Å². The van der Waals surface area contributed by atoms with E-state index in [-0.39, 0.29) is 18.7 Å². The number of rotatable bonds is 7. The van der Waals surface area contributed by atoms with Crippen molar-refractivity contribution >= 4 is 17.3 Å². The van der Waals surface area contributed by atoms with E-state index in [4.69, 9.17) is 0 Å². The van der Waals surface area contributed by atoms with Crippen molar-refractivity contribution in [3.8, 4) is 0 Å². The Labute approximate surface area is 146 Å². The number of anilines is 2. The number of benzene rings is 1. The van der Waals surface area contributed by atoms with Gasteiger partial charge in [0.05, 0.1) is 0 Å². The number of nitrogens with zero attached hydrogens (tertiary/aromatic N) is 1. The molecular formula is C18H24N4O3. The third-order valence-corrected chi connectivity index (χ3v) is 4.14. The van der Waals surface area contributed by atoms with Crippen molar-refractivity contribution in [2.45, 2.75) is 33.6 Å². The average Bonchev–Trinajstić information content (AvgIpc) is 2.56. The summed E-state index contributed by atoms with van der Waals surface area (Å²) in [6.45, 7) is 7.69. The second-order valence-corrected chi connectivity index (χ2v) is 5.78. The van der Waals surface area contributed by atoms with Crippen LogP contribution in [0.4, 0.5) is 11.4 Å². The number of carbonyl (C=O) groups is 1. The Bertz CT molecular complexity index is 833. The normalized spacial score (nSPS) is 10.5. The van der Waals surface area contributed by atoms with Gasteiger partial charge in [-0.15, -0.1) is 0 Å². The van der Waals surface area contributed by atoms with Crippen molar-refractivity contribution in [2.24, 2.45) is 0 Å². The Kier molecular flexibility index (Phi) is 6.16. The topological polar surface area (TPSA) is 98.1 Å². The molecule has 1 amide bonds. The van der Waals surface area contributed by atoms with E-state index in [9.17, 15) is 14.4 Å². The van der Waals surface area contributed by atoms with Crippen LogP contribution in [0.25, 0.3) is 0 Å². The summed E-state index contributed by atoms with van der Waals surface area (Å²) in [6, 6.07) is 7.67. The molecule has 0 atom stereocenters. The van der Waals surface area contributed by atoms with Gasteiger partial charge in [-0.05, 0) is 51.5 Å². The van der Waals surface area contributed by atoms with E-state index in [1.807, 2.05) is 24.3 Å². The van der Waals surface area contributed by atoms with Gasteiger partial charge < -0.3 is 15.2 Å². The number of carbonyl (C=O) groups excluding carboxylic acids is 1. The predicted octanol–water partition coefficient (Wildman–Crippen LogP) is 1.79. The maximum absolute atomic E-state index is 12.1. The van der Waals surface area contributed by atoms with Crippen molar-refractivity contribution in [2.75, 3.05) is 23.3 Å². The van der Waals surface area contributed by atoms with E-state index in [0.29, 0.717) is 16.9 Å². The van der Waals surface area contributed by atoms with Crippen LogP contribution < -0.4 is 21.5 Å². The molecule has 0 radical (unpaired) electrons. The van der Waals surface area contributed by atoms with Crippen molar-refractivity contribution < 1.29 is 4.79 Å². The quantitative estimate of drug-likeness (QED) is 0.713. The fourth-order valence-corrected chi connectivity index (χ4v) is 2.73. The standard InChI is InChI=1S/C18H24N4O3/c1-4-22(5-2)14-8-6-13(7-9-14)20-16(23)11-10-15-12(3)19-18(25)21-17(15)24/h6-9H,4-5,10-11H2,1-3H3,(H,20,23)(H2,19,21,24,25). The highest BCUT2D eigenvalue weighted by atomic mass is 16.2. The molecule has 3 N–H and O–H groups in total. The molecule has 0 saturated heterocycles. The zero-order chi connectivity index (χ0) is 18.4. The largest absolute Gasteiger partial charge is 0.372 e. The molecule has 7 heteroatoms. The van der Waals surface area contributed by atoms with Crippen molar-refractivity contribution in [1.29, 1.82) is 0 Å². The van der Waals surface area contributed by atoms with E-state index in [2.05, 4.69) is 34.0 Å². The second-order valence-electron chi connectivity index (χ2n) is 5.78. The smallest absolute Gasteiger partial charge is 0.325 e. The van der Waals surface area contributed by atoms with Crippen LogP contribution in [0.2, 0.25) is 0 Å². The fraction of sp³-hybridized carbons (Fsp3) is 0.389. The molecule has 134 valence electrons. The van der Waals surface area contributed by atoms with Gasteiger partial charge in [0.15, 0.2) is 0 Å². The van der Waals surface area contributed by atoms with Crippen LogP contribution in [0, 0.1) is 6.92 Å². The molecule has 0 aliphatic carbocycles. The van der Waals surface area contributed by atoms with Gasteiger partial charge in [0, 0.05) is 42.1 Å². The molecule has 0 saturated carbocycles. The minimum atomic E-state index is -0.538. The van der Waals surface area contributed by atoms with E-state index in [1.165, 1.54) is 0 Å². The van der Waals surface area contributed by atoms with Gasteiger partial charge in [-0.1, -0.05) is 0 Å². The molecule has 0 aliphatic heterocycles. The number of hydrogen-bond acceptors (Lipinski definition) is 4. The summed E-state index contributed by atoms with van der Waals surface area (Å²) >= 11 is 0. The third kappa shape index (κ3) is 4.82. The van der Waals surface area contributed by atoms with Crippen LogP contribution in [0.15, 0.2) is 33.9 Å². The summed E-state index contributed by atoms with van der Waals surface area (Å²) < 4.78 is 0. The minimum Gasteiger partial charge on any atom is -0.372 e. The third-order valence-electron chi connectivity index (χ3n) is 4.14. The van der Waals surface area contributed by atoms with Crippen molar-refractivity contribution in [1.82, 2.24) is 9.97 Å². The summed E-state index contributed by atoms with van der Waals surface area (Å²) in [7, 11) is 0.